The number of carbonyl (C=O) groups is 3. The molecule has 0 aromatic carbocycles. The van der Waals surface area contributed by atoms with Crippen molar-refractivity contribution in [3.63, 3.8) is 0 Å². The van der Waals surface area contributed by atoms with Gasteiger partial charge in [0.15, 0.2) is 0 Å². The Kier molecular flexibility index (Phi) is 11.6. The fraction of sp³-hybridized carbons (Fsp3) is 0.708. The van der Waals surface area contributed by atoms with Crippen LogP contribution in [0.25, 0.3) is 0 Å². The van der Waals surface area contributed by atoms with Crippen molar-refractivity contribution < 1.29 is 28.6 Å². The van der Waals surface area contributed by atoms with E-state index in [9.17, 15) is 14.4 Å². The molecule has 0 N–H and O–H groups in total. The molecule has 0 aromatic heterocycles. The molecule has 0 aromatic rings. The van der Waals surface area contributed by atoms with Crippen molar-refractivity contribution >= 4 is 17.7 Å². The Hall–Kier alpha value is -1.95. The van der Waals surface area contributed by atoms with Crippen molar-refractivity contribution in [2.24, 2.45) is 17.3 Å². The Bertz CT molecular complexity index is 632. The zero-order chi connectivity index (χ0) is 22.6. The standard InChI is InChI=1S/C24H38O6/c1-6-29-17-24(3,4)16-10-11-19-14-15-21(26)20(19)12-8-7-9-13-22(23(27)28-5)30-18(2)25/h10-11,13,19-20H,6-9,12,14-17H2,1-5H3/t19-,20+/m0/s1. The van der Waals surface area contributed by atoms with Crippen LogP contribution in [-0.4, -0.2) is 38.0 Å². The number of rotatable bonds is 13. The van der Waals surface area contributed by atoms with Crippen LogP contribution < -0.4 is 0 Å². The Balaban J connectivity index is 2.49. The molecule has 0 saturated heterocycles. The SMILES string of the molecule is CCOCC(C)(C)CC=C[C@H]1CCC(=O)[C@@H]1CCCCC=C(OC(C)=O)C(=O)OC. The fourth-order valence-electron chi connectivity index (χ4n) is 3.70. The summed E-state index contributed by atoms with van der Waals surface area (Å²) in [7, 11) is 1.25. The number of allylic oxidation sites excluding steroid dienone is 3. The number of ketones is 1. The number of hydrogen-bond acceptors (Lipinski definition) is 6. The molecular weight excluding hydrogens is 384 g/mol. The van der Waals surface area contributed by atoms with E-state index in [2.05, 4.69) is 30.7 Å². The van der Waals surface area contributed by atoms with Gasteiger partial charge in [0, 0.05) is 25.9 Å². The largest absolute Gasteiger partial charge is 0.463 e. The van der Waals surface area contributed by atoms with Gasteiger partial charge in [-0.2, -0.15) is 0 Å². The summed E-state index contributed by atoms with van der Waals surface area (Å²) in [6.45, 7) is 9.09. The van der Waals surface area contributed by atoms with Crippen molar-refractivity contribution in [3.05, 3.63) is 24.0 Å². The molecule has 1 aliphatic rings. The molecule has 2 atom stereocenters. The molecule has 30 heavy (non-hydrogen) atoms. The maximum Gasteiger partial charge on any atom is 0.373 e. The smallest absolute Gasteiger partial charge is 0.373 e. The zero-order valence-electron chi connectivity index (χ0n) is 19.2. The van der Waals surface area contributed by atoms with Crippen LogP contribution >= 0.6 is 0 Å². The Morgan fingerprint density at radius 1 is 1.23 bits per heavy atom. The molecule has 0 heterocycles. The second kappa shape index (κ2) is 13.4. The first-order chi connectivity index (χ1) is 14.2. The van der Waals surface area contributed by atoms with Crippen LogP contribution in [0, 0.1) is 17.3 Å². The maximum atomic E-state index is 12.3. The minimum atomic E-state index is -0.659. The van der Waals surface area contributed by atoms with Gasteiger partial charge < -0.3 is 14.2 Å². The molecular formula is C24H38O6. The molecule has 0 spiro atoms. The molecule has 0 unspecified atom stereocenters. The zero-order valence-corrected chi connectivity index (χ0v) is 19.2. The van der Waals surface area contributed by atoms with Gasteiger partial charge in [-0.25, -0.2) is 4.79 Å². The fourth-order valence-corrected chi connectivity index (χ4v) is 3.70. The van der Waals surface area contributed by atoms with Gasteiger partial charge in [-0.05, 0) is 56.4 Å². The lowest BCUT2D eigenvalue weighted by Crippen LogP contribution is -2.18. The van der Waals surface area contributed by atoms with Crippen molar-refractivity contribution in [3.8, 4) is 0 Å². The van der Waals surface area contributed by atoms with Crippen molar-refractivity contribution in [1.82, 2.24) is 0 Å². The monoisotopic (exact) mass is 422 g/mol. The third-order valence-corrected chi connectivity index (χ3v) is 5.34. The highest BCUT2D eigenvalue weighted by atomic mass is 16.6. The van der Waals surface area contributed by atoms with E-state index in [1.165, 1.54) is 14.0 Å². The van der Waals surface area contributed by atoms with Gasteiger partial charge in [-0.1, -0.05) is 32.4 Å². The van der Waals surface area contributed by atoms with Crippen molar-refractivity contribution in [1.29, 1.82) is 0 Å². The van der Waals surface area contributed by atoms with Gasteiger partial charge in [0.1, 0.15) is 5.78 Å². The van der Waals surface area contributed by atoms with E-state index >= 15 is 0 Å². The lowest BCUT2D eigenvalue weighted by Gasteiger charge is -2.22. The minimum Gasteiger partial charge on any atom is -0.463 e. The molecule has 1 aliphatic carbocycles. The molecule has 0 amide bonds. The van der Waals surface area contributed by atoms with Crippen molar-refractivity contribution in [2.45, 2.75) is 72.6 Å². The molecule has 170 valence electrons. The van der Waals surface area contributed by atoms with Crippen LogP contribution in [0.4, 0.5) is 0 Å². The van der Waals surface area contributed by atoms with E-state index in [0.717, 1.165) is 45.3 Å². The summed E-state index contributed by atoms with van der Waals surface area (Å²) < 4.78 is 15.1. The second-order valence-electron chi connectivity index (χ2n) is 8.65. The molecule has 1 fully saturated rings. The molecule has 1 rings (SSSR count). The predicted molar refractivity (Wildman–Crippen MR) is 116 cm³/mol. The lowest BCUT2D eigenvalue weighted by atomic mass is 9.87. The topological polar surface area (TPSA) is 78.9 Å². The number of esters is 2. The summed E-state index contributed by atoms with van der Waals surface area (Å²) in [5.41, 5.74) is 0.0935. The number of hydrogen-bond donors (Lipinski definition) is 0. The second-order valence-corrected chi connectivity index (χ2v) is 8.65. The quantitative estimate of drug-likeness (QED) is 0.140. The van der Waals surface area contributed by atoms with Gasteiger partial charge in [0.25, 0.3) is 0 Å². The average Bonchev–Trinajstić information content (AvgIpc) is 3.04. The number of Topliss-reactive ketones (excluding diaryl/α,β-unsaturated/α-hetero) is 1. The molecule has 1 saturated carbocycles. The van der Waals surface area contributed by atoms with Gasteiger partial charge in [-0.15, -0.1) is 0 Å². The van der Waals surface area contributed by atoms with E-state index in [-0.39, 0.29) is 17.1 Å². The number of ether oxygens (including phenoxy) is 3. The highest BCUT2D eigenvalue weighted by Crippen LogP contribution is 2.34. The Labute approximate surface area is 181 Å². The van der Waals surface area contributed by atoms with Crippen LogP contribution in [0.2, 0.25) is 0 Å². The normalized spacial score (nSPS) is 20.0. The number of carbonyl (C=O) groups excluding carboxylic acids is 3. The summed E-state index contributed by atoms with van der Waals surface area (Å²) in [4.78, 5) is 35.0. The first kappa shape index (κ1) is 26.1. The number of unbranched alkanes of at least 4 members (excludes halogenated alkanes) is 2. The molecule has 0 aliphatic heterocycles. The highest BCUT2D eigenvalue weighted by Gasteiger charge is 2.32. The molecule has 6 heteroatoms. The lowest BCUT2D eigenvalue weighted by molar-refractivity contribution is -0.148. The van der Waals surface area contributed by atoms with E-state index in [0.29, 0.717) is 24.5 Å². The molecule has 0 bridgehead atoms. The van der Waals surface area contributed by atoms with Crippen LogP contribution in [0.3, 0.4) is 0 Å². The van der Waals surface area contributed by atoms with Crippen LogP contribution in [0.15, 0.2) is 24.0 Å². The first-order valence-corrected chi connectivity index (χ1v) is 10.9. The van der Waals surface area contributed by atoms with E-state index in [1.807, 2.05) is 6.92 Å². The predicted octanol–water partition coefficient (Wildman–Crippen LogP) is 4.77. The summed E-state index contributed by atoms with van der Waals surface area (Å²) in [5.74, 6) is -0.548. The summed E-state index contributed by atoms with van der Waals surface area (Å²) in [6, 6.07) is 0. The van der Waals surface area contributed by atoms with Crippen LogP contribution in [0.1, 0.15) is 72.6 Å². The third kappa shape index (κ3) is 9.70. The van der Waals surface area contributed by atoms with Crippen molar-refractivity contribution in [2.75, 3.05) is 20.3 Å². The molecule has 6 nitrogen and oxygen atoms in total. The summed E-state index contributed by atoms with van der Waals surface area (Å²) in [6.07, 6.45) is 11.6. The summed E-state index contributed by atoms with van der Waals surface area (Å²) in [5, 5.41) is 0. The maximum absolute atomic E-state index is 12.3. The van der Waals surface area contributed by atoms with Gasteiger partial charge in [-0.3, -0.25) is 9.59 Å². The van der Waals surface area contributed by atoms with Gasteiger partial charge in [0.2, 0.25) is 5.76 Å². The van der Waals surface area contributed by atoms with E-state index in [4.69, 9.17) is 9.47 Å². The van der Waals surface area contributed by atoms with E-state index in [1.54, 1.807) is 6.08 Å². The van der Waals surface area contributed by atoms with Crippen LogP contribution in [-0.2, 0) is 28.6 Å². The van der Waals surface area contributed by atoms with Gasteiger partial charge in [0.05, 0.1) is 13.7 Å². The molecule has 0 radical (unpaired) electrons. The third-order valence-electron chi connectivity index (χ3n) is 5.34. The minimum absolute atomic E-state index is 0.0718. The van der Waals surface area contributed by atoms with Crippen LogP contribution in [0.5, 0.6) is 0 Å². The Morgan fingerprint density at radius 2 is 1.97 bits per heavy atom. The highest BCUT2D eigenvalue weighted by molar-refractivity contribution is 5.89. The number of methoxy groups -OCH3 is 1. The average molecular weight is 423 g/mol. The Morgan fingerprint density at radius 3 is 2.60 bits per heavy atom. The summed E-state index contributed by atoms with van der Waals surface area (Å²) >= 11 is 0. The van der Waals surface area contributed by atoms with Gasteiger partial charge >= 0.3 is 11.9 Å². The van der Waals surface area contributed by atoms with E-state index < -0.39 is 11.9 Å². The first-order valence-electron chi connectivity index (χ1n) is 10.9.